The lowest BCUT2D eigenvalue weighted by atomic mass is 9.80. The van der Waals surface area contributed by atoms with Crippen molar-refractivity contribution < 1.29 is 9.84 Å². The van der Waals surface area contributed by atoms with Crippen molar-refractivity contribution in [1.29, 1.82) is 0 Å². The molecule has 0 radical (unpaired) electrons. The summed E-state index contributed by atoms with van der Waals surface area (Å²) < 4.78 is 5.49. The predicted octanol–water partition coefficient (Wildman–Crippen LogP) is 1.53. The summed E-state index contributed by atoms with van der Waals surface area (Å²) in [7, 11) is 0. The van der Waals surface area contributed by atoms with E-state index >= 15 is 0 Å². The molecule has 2 nitrogen and oxygen atoms in total. The Morgan fingerprint density at radius 3 is 2.83 bits per heavy atom. The van der Waals surface area contributed by atoms with Gasteiger partial charge in [-0.25, -0.2) is 0 Å². The Morgan fingerprint density at radius 1 is 1.67 bits per heavy atom. The van der Waals surface area contributed by atoms with Crippen LogP contribution in [0.2, 0.25) is 0 Å². The van der Waals surface area contributed by atoms with Crippen LogP contribution in [-0.4, -0.2) is 36.4 Å². The molecule has 0 aromatic carbocycles. The molecule has 1 heterocycles. The van der Waals surface area contributed by atoms with Gasteiger partial charge in [-0.05, 0) is 31.8 Å². The normalized spacial score (nSPS) is 35.8. The minimum absolute atomic E-state index is 0.0585. The van der Waals surface area contributed by atoms with Crippen molar-refractivity contribution in [1.82, 2.24) is 0 Å². The molecule has 2 unspecified atom stereocenters. The number of hydrogen-bond acceptors (Lipinski definition) is 3. The molecule has 0 saturated carbocycles. The average molecular weight is 190 g/mol. The molecule has 72 valence electrons. The Morgan fingerprint density at radius 2 is 2.42 bits per heavy atom. The topological polar surface area (TPSA) is 29.5 Å². The van der Waals surface area contributed by atoms with Gasteiger partial charge in [-0.3, -0.25) is 0 Å². The van der Waals surface area contributed by atoms with E-state index in [0.29, 0.717) is 0 Å². The summed E-state index contributed by atoms with van der Waals surface area (Å²) in [5.41, 5.74) is 0.0585. The SMILES string of the molecule is CSCCC1(CO)CCOC1C. The fourth-order valence-electron chi connectivity index (χ4n) is 1.74. The van der Waals surface area contributed by atoms with Crippen LogP contribution in [0.25, 0.3) is 0 Å². The lowest BCUT2D eigenvalue weighted by Crippen LogP contribution is -2.33. The van der Waals surface area contributed by atoms with E-state index in [-0.39, 0.29) is 18.1 Å². The predicted molar refractivity (Wildman–Crippen MR) is 52.5 cm³/mol. The maximum absolute atomic E-state index is 9.32. The first-order valence-corrected chi connectivity index (χ1v) is 5.86. The van der Waals surface area contributed by atoms with Gasteiger partial charge in [0.05, 0.1) is 12.7 Å². The molecule has 1 saturated heterocycles. The van der Waals surface area contributed by atoms with Crippen LogP contribution in [0.1, 0.15) is 19.8 Å². The van der Waals surface area contributed by atoms with Crippen molar-refractivity contribution in [2.24, 2.45) is 5.41 Å². The van der Waals surface area contributed by atoms with E-state index in [9.17, 15) is 5.11 Å². The molecule has 0 aliphatic carbocycles. The van der Waals surface area contributed by atoms with Crippen molar-refractivity contribution in [3.63, 3.8) is 0 Å². The second-order valence-electron chi connectivity index (χ2n) is 3.53. The van der Waals surface area contributed by atoms with E-state index in [2.05, 4.69) is 13.2 Å². The van der Waals surface area contributed by atoms with E-state index in [0.717, 1.165) is 25.2 Å². The van der Waals surface area contributed by atoms with Crippen LogP contribution >= 0.6 is 11.8 Å². The van der Waals surface area contributed by atoms with Crippen molar-refractivity contribution >= 4 is 11.8 Å². The first kappa shape index (κ1) is 10.4. The third kappa shape index (κ3) is 1.95. The summed E-state index contributed by atoms with van der Waals surface area (Å²) in [5.74, 6) is 1.12. The molecule has 0 aromatic rings. The molecule has 1 N–H and O–H groups in total. The molecule has 2 atom stereocenters. The first-order chi connectivity index (χ1) is 5.75. The zero-order valence-corrected chi connectivity index (χ0v) is 8.69. The van der Waals surface area contributed by atoms with E-state index in [4.69, 9.17) is 4.74 Å². The van der Waals surface area contributed by atoms with Crippen LogP contribution in [0, 0.1) is 5.41 Å². The number of hydrogen-bond donors (Lipinski definition) is 1. The molecule has 0 spiro atoms. The zero-order valence-electron chi connectivity index (χ0n) is 7.88. The standard InChI is InChI=1S/C9H18O2S/c1-8-9(7-10,3-5-11-8)4-6-12-2/h8,10H,3-7H2,1-2H3. The Hall–Kier alpha value is 0.270. The Labute approximate surface area is 78.7 Å². The highest BCUT2D eigenvalue weighted by molar-refractivity contribution is 7.98. The summed E-state index contributed by atoms with van der Waals surface area (Å²) >= 11 is 1.84. The van der Waals surface area contributed by atoms with E-state index in [1.807, 2.05) is 11.8 Å². The quantitative estimate of drug-likeness (QED) is 0.729. The van der Waals surface area contributed by atoms with E-state index in [1.165, 1.54) is 0 Å². The Bertz CT molecular complexity index is 140. The molecule has 0 aromatic heterocycles. The van der Waals surface area contributed by atoms with Gasteiger partial charge < -0.3 is 9.84 Å². The van der Waals surface area contributed by atoms with Gasteiger partial charge in [0.25, 0.3) is 0 Å². The number of ether oxygens (including phenoxy) is 1. The molecule has 0 amide bonds. The molecule has 3 heteroatoms. The van der Waals surface area contributed by atoms with Gasteiger partial charge >= 0.3 is 0 Å². The van der Waals surface area contributed by atoms with Crippen molar-refractivity contribution in [2.75, 3.05) is 25.2 Å². The summed E-state index contributed by atoms with van der Waals surface area (Å²) in [6.07, 6.45) is 4.43. The first-order valence-electron chi connectivity index (χ1n) is 4.46. The highest BCUT2D eigenvalue weighted by Gasteiger charge is 2.40. The molecule has 1 aliphatic rings. The summed E-state index contributed by atoms with van der Waals surface area (Å²) in [6.45, 7) is 3.16. The minimum Gasteiger partial charge on any atom is -0.396 e. The van der Waals surface area contributed by atoms with Gasteiger partial charge in [0.1, 0.15) is 0 Å². The largest absolute Gasteiger partial charge is 0.396 e. The number of aliphatic hydroxyl groups is 1. The summed E-state index contributed by atoms with van der Waals surface area (Å²) in [6, 6.07) is 0. The molecule has 12 heavy (non-hydrogen) atoms. The van der Waals surface area contributed by atoms with Crippen LogP contribution in [0.15, 0.2) is 0 Å². The molecular formula is C9H18O2S. The van der Waals surface area contributed by atoms with E-state index < -0.39 is 0 Å². The third-order valence-electron chi connectivity index (χ3n) is 2.95. The smallest absolute Gasteiger partial charge is 0.0626 e. The summed E-state index contributed by atoms with van der Waals surface area (Å²) in [5, 5.41) is 9.32. The third-order valence-corrected chi connectivity index (χ3v) is 3.56. The van der Waals surface area contributed by atoms with Gasteiger partial charge in [-0.15, -0.1) is 0 Å². The second-order valence-corrected chi connectivity index (χ2v) is 4.51. The van der Waals surface area contributed by atoms with Crippen LogP contribution in [0.5, 0.6) is 0 Å². The number of rotatable bonds is 4. The van der Waals surface area contributed by atoms with Crippen LogP contribution < -0.4 is 0 Å². The van der Waals surface area contributed by atoms with Gasteiger partial charge in [0.15, 0.2) is 0 Å². The molecule has 1 fully saturated rings. The molecular weight excluding hydrogens is 172 g/mol. The van der Waals surface area contributed by atoms with Crippen molar-refractivity contribution in [3.05, 3.63) is 0 Å². The van der Waals surface area contributed by atoms with Crippen LogP contribution in [0.4, 0.5) is 0 Å². The molecule has 1 aliphatic heterocycles. The summed E-state index contributed by atoms with van der Waals surface area (Å²) in [4.78, 5) is 0. The number of aliphatic hydroxyl groups excluding tert-OH is 1. The van der Waals surface area contributed by atoms with Crippen LogP contribution in [-0.2, 0) is 4.74 Å². The van der Waals surface area contributed by atoms with E-state index in [1.54, 1.807) is 0 Å². The van der Waals surface area contributed by atoms with Gasteiger partial charge in [0.2, 0.25) is 0 Å². The van der Waals surface area contributed by atoms with Crippen molar-refractivity contribution in [2.45, 2.75) is 25.9 Å². The minimum atomic E-state index is 0.0585. The molecule has 1 rings (SSSR count). The van der Waals surface area contributed by atoms with Gasteiger partial charge in [-0.1, -0.05) is 0 Å². The maximum atomic E-state index is 9.32. The zero-order chi connectivity index (χ0) is 9.03. The lowest BCUT2D eigenvalue weighted by molar-refractivity contribution is 0.0255. The fraction of sp³-hybridized carbons (Fsp3) is 1.00. The van der Waals surface area contributed by atoms with Crippen LogP contribution in [0.3, 0.4) is 0 Å². The van der Waals surface area contributed by atoms with Gasteiger partial charge in [0, 0.05) is 12.0 Å². The molecule has 0 bridgehead atoms. The average Bonchev–Trinajstić information content (AvgIpc) is 2.45. The van der Waals surface area contributed by atoms with Gasteiger partial charge in [-0.2, -0.15) is 11.8 Å². The Balaban J connectivity index is 2.49. The fourth-order valence-corrected chi connectivity index (χ4v) is 2.35. The number of thioether (sulfide) groups is 1. The van der Waals surface area contributed by atoms with Crippen molar-refractivity contribution in [3.8, 4) is 0 Å². The highest BCUT2D eigenvalue weighted by atomic mass is 32.2. The second kappa shape index (κ2) is 4.49. The lowest BCUT2D eigenvalue weighted by Gasteiger charge is -2.29. The Kier molecular flexibility index (Phi) is 3.87. The highest BCUT2D eigenvalue weighted by Crippen LogP contribution is 2.38. The monoisotopic (exact) mass is 190 g/mol. The maximum Gasteiger partial charge on any atom is 0.0626 e.